The molecule has 2 aromatic rings. The number of hydrogen-bond acceptors (Lipinski definition) is 4. The van der Waals surface area contributed by atoms with Gasteiger partial charge in [-0.15, -0.1) is 0 Å². The molecule has 5 nitrogen and oxygen atoms in total. The van der Waals surface area contributed by atoms with E-state index in [1.54, 1.807) is 6.20 Å². The third kappa shape index (κ3) is 2.08. The van der Waals surface area contributed by atoms with Crippen LogP contribution in [0.5, 0.6) is 0 Å². The van der Waals surface area contributed by atoms with Crippen molar-refractivity contribution in [2.75, 3.05) is 19.8 Å². The maximum absolute atomic E-state index is 5.99. The van der Waals surface area contributed by atoms with E-state index < -0.39 is 0 Å². The van der Waals surface area contributed by atoms with Gasteiger partial charge in [0.05, 0.1) is 18.2 Å². The maximum atomic E-state index is 5.99. The smallest absolute Gasteiger partial charge is 0.132 e. The zero-order valence-electron chi connectivity index (χ0n) is 12.1. The van der Waals surface area contributed by atoms with Crippen molar-refractivity contribution in [1.82, 2.24) is 19.4 Å². The van der Waals surface area contributed by atoms with E-state index >= 15 is 0 Å². The summed E-state index contributed by atoms with van der Waals surface area (Å²) in [4.78, 5) is 10.8. The quantitative estimate of drug-likeness (QED) is 0.924. The molecule has 0 amide bonds. The van der Waals surface area contributed by atoms with Crippen LogP contribution in [0.25, 0.3) is 11.3 Å². The van der Waals surface area contributed by atoms with Gasteiger partial charge in [0.25, 0.3) is 0 Å². The SMILES string of the molecule is CN(C)C1(Cn2cncc2-c2cccnc2N)CCC1. The molecule has 1 saturated carbocycles. The van der Waals surface area contributed by atoms with Crippen LogP contribution < -0.4 is 5.73 Å². The number of rotatable bonds is 4. The Kier molecular flexibility index (Phi) is 3.22. The Morgan fingerprint density at radius 3 is 2.80 bits per heavy atom. The lowest BCUT2D eigenvalue weighted by Gasteiger charge is -2.47. The molecule has 0 radical (unpaired) electrons. The molecule has 1 aliphatic rings. The number of nitrogens with two attached hydrogens (primary N) is 1. The van der Waals surface area contributed by atoms with Crippen LogP contribution in [-0.2, 0) is 6.54 Å². The number of imidazole rings is 1. The van der Waals surface area contributed by atoms with Crippen LogP contribution in [-0.4, -0.2) is 39.1 Å². The molecular formula is C15H21N5. The zero-order valence-corrected chi connectivity index (χ0v) is 12.1. The lowest BCUT2D eigenvalue weighted by Crippen LogP contribution is -2.53. The van der Waals surface area contributed by atoms with Gasteiger partial charge in [-0.05, 0) is 45.5 Å². The van der Waals surface area contributed by atoms with Crippen LogP contribution in [0.15, 0.2) is 30.9 Å². The average molecular weight is 271 g/mol. The first-order valence-electron chi connectivity index (χ1n) is 7.01. The fourth-order valence-corrected chi connectivity index (χ4v) is 2.95. The molecule has 5 heteroatoms. The summed E-state index contributed by atoms with van der Waals surface area (Å²) in [5.41, 5.74) is 8.25. The molecule has 106 valence electrons. The van der Waals surface area contributed by atoms with Gasteiger partial charge in [-0.2, -0.15) is 0 Å². The number of nitrogens with zero attached hydrogens (tertiary/aromatic N) is 4. The van der Waals surface area contributed by atoms with E-state index in [1.807, 2.05) is 24.7 Å². The van der Waals surface area contributed by atoms with E-state index in [-0.39, 0.29) is 5.54 Å². The van der Waals surface area contributed by atoms with Crippen molar-refractivity contribution >= 4 is 5.82 Å². The van der Waals surface area contributed by atoms with Crippen molar-refractivity contribution in [1.29, 1.82) is 0 Å². The molecule has 2 heterocycles. The van der Waals surface area contributed by atoms with E-state index in [2.05, 4.69) is 33.5 Å². The molecule has 0 bridgehead atoms. The fraction of sp³-hybridized carbons (Fsp3) is 0.467. The molecule has 0 atom stereocenters. The highest BCUT2D eigenvalue weighted by Gasteiger charge is 2.39. The van der Waals surface area contributed by atoms with Crippen molar-refractivity contribution in [3.63, 3.8) is 0 Å². The first kappa shape index (κ1) is 13.1. The lowest BCUT2D eigenvalue weighted by molar-refractivity contribution is 0.0428. The van der Waals surface area contributed by atoms with Crippen molar-refractivity contribution in [3.8, 4) is 11.3 Å². The third-order valence-electron chi connectivity index (χ3n) is 4.52. The van der Waals surface area contributed by atoms with Gasteiger partial charge in [-0.1, -0.05) is 0 Å². The summed E-state index contributed by atoms with van der Waals surface area (Å²) in [5.74, 6) is 0.557. The third-order valence-corrected chi connectivity index (χ3v) is 4.52. The summed E-state index contributed by atoms with van der Waals surface area (Å²) < 4.78 is 2.20. The first-order chi connectivity index (χ1) is 9.62. The van der Waals surface area contributed by atoms with Gasteiger partial charge in [-0.25, -0.2) is 9.97 Å². The highest BCUT2D eigenvalue weighted by atomic mass is 15.2. The van der Waals surface area contributed by atoms with Gasteiger partial charge in [0.15, 0.2) is 0 Å². The van der Waals surface area contributed by atoms with Gasteiger partial charge in [0, 0.05) is 23.8 Å². The fourth-order valence-electron chi connectivity index (χ4n) is 2.95. The second kappa shape index (κ2) is 4.90. The molecule has 0 spiro atoms. The summed E-state index contributed by atoms with van der Waals surface area (Å²) >= 11 is 0. The Balaban J connectivity index is 1.93. The van der Waals surface area contributed by atoms with Crippen molar-refractivity contribution in [2.45, 2.75) is 31.3 Å². The Morgan fingerprint density at radius 2 is 2.20 bits per heavy atom. The molecule has 0 saturated heterocycles. The number of hydrogen-bond donors (Lipinski definition) is 1. The molecule has 1 fully saturated rings. The monoisotopic (exact) mass is 271 g/mol. The molecule has 0 aromatic carbocycles. The minimum absolute atomic E-state index is 0.256. The Labute approximate surface area is 119 Å². The van der Waals surface area contributed by atoms with Gasteiger partial charge in [0.2, 0.25) is 0 Å². The topological polar surface area (TPSA) is 60.0 Å². The van der Waals surface area contributed by atoms with E-state index in [0.717, 1.165) is 17.8 Å². The average Bonchev–Trinajstić information content (AvgIpc) is 2.81. The normalized spacial score (nSPS) is 17.1. The number of aromatic nitrogens is 3. The predicted molar refractivity (Wildman–Crippen MR) is 80.1 cm³/mol. The highest BCUT2D eigenvalue weighted by Crippen LogP contribution is 2.38. The van der Waals surface area contributed by atoms with Crippen LogP contribution >= 0.6 is 0 Å². The second-order valence-electron chi connectivity index (χ2n) is 5.82. The van der Waals surface area contributed by atoms with E-state index in [1.165, 1.54) is 19.3 Å². The van der Waals surface area contributed by atoms with Gasteiger partial charge >= 0.3 is 0 Å². The summed E-state index contributed by atoms with van der Waals surface area (Å²) in [5, 5.41) is 0. The molecule has 3 rings (SSSR count). The largest absolute Gasteiger partial charge is 0.383 e. The van der Waals surface area contributed by atoms with E-state index in [4.69, 9.17) is 5.73 Å². The van der Waals surface area contributed by atoms with Gasteiger partial charge in [-0.3, -0.25) is 0 Å². The van der Waals surface area contributed by atoms with Crippen LogP contribution in [0.2, 0.25) is 0 Å². The number of likely N-dealkylation sites (N-methyl/N-ethyl adjacent to an activating group) is 1. The minimum atomic E-state index is 0.256. The highest BCUT2D eigenvalue weighted by molar-refractivity contribution is 5.70. The number of anilines is 1. The molecule has 2 aromatic heterocycles. The number of nitrogen functional groups attached to an aromatic ring is 1. The van der Waals surface area contributed by atoms with Crippen LogP contribution in [0.4, 0.5) is 5.82 Å². The van der Waals surface area contributed by atoms with Crippen LogP contribution in [0.3, 0.4) is 0 Å². The van der Waals surface area contributed by atoms with Gasteiger partial charge in [0.1, 0.15) is 5.82 Å². The van der Waals surface area contributed by atoms with Crippen LogP contribution in [0, 0.1) is 0 Å². The van der Waals surface area contributed by atoms with Crippen molar-refractivity contribution in [3.05, 3.63) is 30.9 Å². The van der Waals surface area contributed by atoms with Crippen LogP contribution in [0.1, 0.15) is 19.3 Å². The lowest BCUT2D eigenvalue weighted by atomic mass is 9.75. The molecule has 1 aliphatic carbocycles. The molecule has 2 N–H and O–H groups in total. The summed E-state index contributed by atoms with van der Waals surface area (Å²) in [7, 11) is 4.32. The zero-order chi connectivity index (χ0) is 14.2. The molecular weight excluding hydrogens is 250 g/mol. The van der Waals surface area contributed by atoms with E-state index in [9.17, 15) is 0 Å². The maximum Gasteiger partial charge on any atom is 0.132 e. The second-order valence-corrected chi connectivity index (χ2v) is 5.82. The van der Waals surface area contributed by atoms with Crippen molar-refractivity contribution in [2.24, 2.45) is 0 Å². The van der Waals surface area contributed by atoms with Crippen molar-refractivity contribution < 1.29 is 0 Å². The predicted octanol–water partition coefficient (Wildman–Crippen LogP) is 2.01. The Bertz CT molecular complexity index is 598. The molecule has 20 heavy (non-hydrogen) atoms. The first-order valence-corrected chi connectivity index (χ1v) is 7.01. The minimum Gasteiger partial charge on any atom is -0.383 e. The molecule has 0 unspecified atom stereocenters. The Hall–Kier alpha value is -1.88. The summed E-state index contributed by atoms with van der Waals surface area (Å²) in [6, 6.07) is 3.91. The summed E-state index contributed by atoms with van der Waals surface area (Å²) in [6.07, 6.45) is 9.26. The Morgan fingerprint density at radius 1 is 1.40 bits per heavy atom. The van der Waals surface area contributed by atoms with E-state index in [0.29, 0.717) is 5.82 Å². The summed E-state index contributed by atoms with van der Waals surface area (Å²) in [6.45, 7) is 0.948. The number of pyridine rings is 1. The molecule has 0 aliphatic heterocycles. The standard InChI is InChI=1S/C15H21N5/c1-19(2)15(6-4-7-15)10-20-11-17-9-13(20)12-5-3-8-18-14(12)16/h3,5,8-9,11H,4,6-7,10H2,1-2H3,(H2,16,18). The van der Waals surface area contributed by atoms with Gasteiger partial charge < -0.3 is 15.2 Å².